The number of hydrogen-bond acceptors (Lipinski definition) is 4. The van der Waals surface area contributed by atoms with Crippen molar-refractivity contribution >= 4 is 34.1 Å². The molecule has 1 amide bonds. The maximum atomic E-state index is 13.7. The Hall–Kier alpha value is -4.12. The molecule has 1 aliphatic rings. The van der Waals surface area contributed by atoms with E-state index in [-0.39, 0.29) is 22.7 Å². The van der Waals surface area contributed by atoms with Gasteiger partial charge in [-0.1, -0.05) is 23.7 Å². The van der Waals surface area contributed by atoms with E-state index in [9.17, 15) is 22.8 Å². The van der Waals surface area contributed by atoms with Crippen LogP contribution in [0.5, 0.6) is 0 Å². The molecule has 1 saturated carbocycles. The van der Waals surface area contributed by atoms with Crippen LogP contribution in [0.25, 0.3) is 22.2 Å². The number of carbonyl (C=O) groups is 1. The van der Waals surface area contributed by atoms with Gasteiger partial charge in [-0.25, -0.2) is 14.8 Å². The molecule has 6 rings (SSSR count). The predicted molar refractivity (Wildman–Crippen MR) is 144 cm³/mol. The maximum absolute atomic E-state index is 13.7. The summed E-state index contributed by atoms with van der Waals surface area (Å²) in [5.74, 6) is -0.681. The van der Waals surface area contributed by atoms with Crippen molar-refractivity contribution in [2.24, 2.45) is 5.92 Å². The number of aromatic nitrogens is 5. The zero-order valence-corrected chi connectivity index (χ0v) is 21.9. The summed E-state index contributed by atoms with van der Waals surface area (Å²) in [7, 11) is 0. The lowest BCUT2D eigenvalue weighted by atomic mass is 9.85. The molecule has 4 heterocycles. The van der Waals surface area contributed by atoms with Crippen molar-refractivity contribution in [3.05, 3.63) is 94.1 Å². The molecule has 8 nitrogen and oxygen atoms in total. The molecule has 5 aromatic rings. The molecule has 0 radical (unpaired) electrons. The maximum Gasteiger partial charge on any atom is 0.434 e. The highest BCUT2D eigenvalue weighted by molar-refractivity contribution is 6.30. The molecule has 0 bridgehead atoms. The summed E-state index contributed by atoms with van der Waals surface area (Å²) in [6, 6.07) is 12.1. The van der Waals surface area contributed by atoms with Crippen LogP contribution in [0.4, 0.5) is 13.2 Å². The summed E-state index contributed by atoms with van der Waals surface area (Å²) in [6.45, 7) is 0.497. The normalized spacial score (nSPS) is 17.9. The standard InChI is InChI=1S/C28H24ClF3N6O2/c29-18-11-22(25(34-12-18)28(30,31)32)26(39)35-19-7-5-17(6-8-19)14-37-23-3-1-2-4-24(23)38(27(37)40)21-10-9-20-13-33-16-36(20)15-21/h1-4,9-13,15-17,19H,5-8,14H2,(H,35,39). The van der Waals surface area contributed by atoms with Crippen LogP contribution < -0.4 is 11.0 Å². The van der Waals surface area contributed by atoms with Crippen LogP contribution >= 0.6 is 11.6 Å². The van der Waals surface area contributed by atoms with Crippen LogP contribution in [-0.4, -0.2) is 35.5 Å². The van der Waals surface area contributed by atoms with Crippen molar-refractivity contribution < 1.29 is 18.0 Å². The number of carbonyl (C=O) groups excluding carboxylic acids is 1. The van der Waals surface area contributed by atoms with Gasteiger partial charge in [-0.05, 0) is 61.9 Å². The van der Waals surface area contributed by atoms with E-state index in [2.05, 4.69) is 15.3 Å². The Morgan fingerprint density at radius 3 is 2.55 bits per heavy atom. The van der Waals surface area contributed by atoms with E-state index in [1.54, 1.807) is 21.7 Å². The number of imidazole rings is 2. The van der Waals surface area contributed by atoms with E-state index < -0.39 is 23.3 Å². The SMILES string of the molecule is O=C(NC1CCC(Cn2c(=O)n(-c3ccc4cncn4c3)c3ccccc32)CC1)c1cc(Cl)cnc1C(F)(F)F. The second-order valence-electron chi connectivity index (χ2n) is 10.1. The second kappa shape index (κ2) is 10.1. The van der Waals surface area contributed by atoms with Crippen LogP contribution in [0.15, 0.2) is 72.2 Å². The predicted octanol–water partition coefficient (Wildman–Crippen LogP) is 5.50. The van der Waals surface area contributed by atoms with Gasteiger partial charge in [0.05, 0.1) is 45.3 Å². The van der Waals surface area contributed by atoms with Crippen molar-refractivity contribution in [1.82, 2.24) is 28.8 Å². The number of halogens is 4. The Kier molecular flexibility index (Phi) is 6.61. The summed E-state index contributed by atoms with van der Waals surface area (Å²) in [6.07, 6.45) is 3.98. The average molecular weight is 569 g/mol. The number of amides is 1. The minimum absolute atomic E-state index is 0.0450. The van der Waals surface area contributed by atoms with Crippen LogP contribution in [-0.2, 0) is 12.7 Å². The second-order valence-corrected chi connectivity index (χ2v) is 10.5. The van der Waals surface area contributed by atoms with E-state index in [4.69, 9.17) is 11.6 Å². The zero-order chi connectivity index (χ0) is 28.0. The monoisotopic (exact) mass is 568 g/mol. The molecule has 1 aromatic carbocycles. The van der Waals surface area contributed by atoms with Gasteiger partial charge in [0.15, 0.2) is 5.69 Å². The Labute approximate surface area is 231 Å². The molecule has 1 fully saturated rings. The molecule has 0 spiro atoms. The van der Waals surface area contributed by atoms with Gasteiger partial charge in [-0.2, -0.15) is 13.2 Å². The average Bonchev–Trinajstić information content (AvgIpc) is 3.51. The fourth-order valence-electron chi connectivity index (χ4n) is 5.52. The van der Waals surface area contributed by atoms with Gasteiger partial charge in [0.25, 0.3) is 5.91 Å². The van der Waals surface area contributed by atoms with Crippen molar-refractivity contribution in [3.8, 4) is 5.69 Å². The third-order valence-electron chi connectivity index (χ3n) is 7.48. The summed E-state index contributed by atoms with van der Waals surface area (Å²) >= 11 is 5.82. The van der Waals surface area contributed by atoms with Gasteiger partial charge in [-0.15, -0.1) is 0 Å². The fraction of sp³-hybridized carbons (Fsp3) is 0.286. The Morgan fingerprint density at radius 1 is 1.05 bits per heavy atom. The smallest absolute Gasteiger partial charge is 0.349 e. The lowest BCUT2D eigenvalue weighted by Gasteiger charge is -2.29. The minimum atomic E-state index is -4.77. The van der Waals surface area contributed by atoms with E-state index in [0.717, 1.165) is 34.5 Å². The first kappa shape index (κ1) is 26.1. The van der Waals surface area contributed by atoms with Crippen molar-refractivity contribution in [3.63, 3.8) is 0 Å². The van der Waals surface area contributed by atoms with E-state index in [1.807, 2.05) is 47.0 Å². The number of pyridine rings is 2. The van der Waals surface area contributed by atoms with Gasteiger partial charge < -0.3 is 9.72 Å². The topological polar surface area (TPSA) is 86.2 Å². The van der Waals surface area contributed by atoms with E-state index in [1.165, 1.54) is 0 Å². The first-order valence-corrected chi connectivity index (χ1v) is 13.2. The van der Waals surface area contributed by atoms with Crippen LogP contribution in [0.2, 0.25) is 5.02 Å². The number of nitrogens with one attached hydrogen (secondary N) is 1. The summed E-state index contributed by atoms with van der Waals surface area (Å²) in [5.41, 5.74) is 1.27. The molecule has 0 aliphatic heterocycles. The molecule has 1 N–H and O–H groups in total. The quantitative estimate of drug-likeness (QED) is 0.303. The summed E-state index contributed by atoms with van der Waals surface area (Å²) in [5, 5.41) is 2.68. The molecule has 4 aromatic heterocycles. The van der Waals surface area contributed by atoms with E-state index >= 15 is 0 Å². The zero-order valence-electron chi connectivity index (χ0n) is 21.1. The molecule has 206 valence electrons. The lowest BCUT2D eigenvalue weighted by molar-refractivity contribution is -0.141. The van der Waals surface area contributed by atoms with Crippen molar-refractivity contribution in [2.45, 2.75) is 44.4 Å². The molecule has 0 saturated heterocycles. The Bertz CT molecular complexity index is 1780. The first-order chi connectivity index (χ1) is 19.2. The third kappa shape index (κ3) is 4.85. The number of nitrogens with zero attached hydrogens (tertiary/aromatic N) is 5. The molecular weight excluding hydrogens is 545 g/mol. The third-order valence-corrected chi connectivity index (χ3v) is 7.68. The van der Waals surface area contributed by atoms with Crippen molar-refractivity contribution in [1.29, 1.82) is 0 Å². The fourth-order valence-corrected chi connectivity index (χ4v) is 5.68. The highest BCUT2D eigenvalue weighted by Crippen LogP contribution is 2.32. The van der Waals surface area contributed by atoms with Gasteiger partial charge in [0.2, 0.25) is 0 Å². The number of rotatable bonds is 5. The number of alkyl halides is 3. The highest BCUT2D eigenvalue weighted by atomic mass is 35.5. The van der Waals surface area contributed by atoms with Crippen LogP contribution in [0, 0.1) is 5.92 Å². The molecule has 0 atom stereocenters. The number of para-hydroxylation sites is 2. The number of fused-ring (bicyclic) bond motifs is 2. The largest absolute Gasteiger partial charge is 0.434 e. The lowest BCUT2D eigenvalue weighted by Crippen LogP contribution is -2.39. The Balaban J connectivity index is 1.18. The van der Waals surface area contributed by atoms with E-state index in [0.29, 0.717) is 32.2 Å². The molecule has 40 heavy (non-hydrogen) atoms. The molecule has 1 aliphatic carbocycles. The summed E-state index contributed by atoms with van der Waals surface area (Å²) in [4.78, 5) is 33.9. The molecule has 12 heteroatoms. The number of benzene rings is 1. The van der Waals surface area contributed by atoms with Gasteiger partial charge in [-0.3, -0.25) is 13.9 Å². The Morgan fingerprint density at radius 2 is 1.80 bits per heavy atom. The number of hydrogen-bond donors (Lipinski definition) is 1. The minimum Gasteiger partial charge on any atom is -0.349 e. The first-order valence-electron chi connectivity index (χ1n) is 12.8. The van der Waals surface area contributed by atoms with Crippen LogP contribution in [0.1, 0.15) is 41.7 Å². The summed E-state index contributed by atoms with van der Waals surface area (Å²) < 4.78 is 45.4. The van der Waals surface area contributed by atoms with Crippen LogP contribution in [0.3, 0.4) is 0 Å². The van der Waals surface area contributed by atoms with Gasteiger partial charge >= 0.3 is 11.9 Å². The van der Waals surface area contributed by atoms with Crippen molar-refractivity contribution in [2.75, 3.05) is 0 Å². The molecular formula is C28H24ClF3N6O2. The van der Waals surface area contributed by atoms with Gasteiger partial charge in [0.1, 0.15) is 0 Å². The molecule has 0 unspecified atom stereocenters. The van der Waals surface area contributed by atoms with Gasteiger partial charge in [0, 0.05) is 25.0 Å². The highest BCUT2D eigenvalue weighted by Gasteiger charge is 2.38.